The lowest BCUT2D eigenvalue weighted by Crippen LogP contribution is -2.37. The van der Waals surface area contributed by atoms with Crippen molar-refractivity contribution in [2.75, 3.05) is 13.2 Å². The number of aliphatic hydroxyl groups is 1. The molecule has 1 amide bonds. The highest BCUT2D eigenvalue weighted by Crippen LogP contribution is 2.16. The van der Waals surface area contributed by atoms with Gasteiger partial charge in [-0.3, -0.25) is 4.79 Å². The molecule has 4 nitrogen and oxygen atoms in total. The Hall–Kier alpha value is -1.39. The first-order chi connectivity index (χ1) is 8.74. The van der Waals surface area contributed by atoms with E-state index < -0.39 is 0 Å². The van der Waals surface area contributed by atoms with Crippen LogP contribution in [0.25, 0.3) is 0 Å². The van der Waals surface area contributed by atoms with Gasteiger partial charge in [0.2, 0.25) is 0 Å². The molecule has 4 heteroatoms. The minimum atomic E-state index is -0.161. The maximum Gasteiger partial charge on any atom is 0.251 e. The molecule has 98 valence electrons. The van der Waals surface area contributed by atoms with Gasteiger partial charge in [0, 0.05) is 12.1 Å². The van der Waals surface area contributed by atoms with Crippen LogP contribution in [0, 0.1) is 0 Å². The summed E-state index contributed by atoms with van der Waals surface area (Å²) in [4.78, 5) is 12.0. The van der Waals surface area contributed by atoms with E-state index in [1.54, 1.807) is 0 Å². The molecule has 0 saturated carbocycles. The van der Waals surface area contributed by atoms with E-state index in [2.05, 4.69) is 10.6 Å². The monoisotopic (exact) mass is 248 g/mol. The Morgan fingerprint density at radius 1 is 1.50 bits per heavy atom. The fourth-order valence-corrected chi connectivity index (χ4v) is 2.17. The van der Waals surface area contributed by atoms with Crippen LogP contribution < -0.4 is 10.6 Å². The van der Waals surface area contributed by atoms with Crippen molar-refractivity contribution in [3.63, 3.8) is 0 Å². The molecule has 18 heavy (non-hydrogen) atoms. The summed E-state index contributed by atoms with van der Waals surface area (Å²) in [7, 11) is 0. The topological polar surface area (TPSA) is 61.4 Å². The van der Waals surface area contributed by atoms with Crippen molar-refractivity contribution in [1.29, 1.82) is 0 Å². The van der Waals surface area contributed by atoms with Gasteiger partial charge in [-0.25, -0.2) is 0 Å². The Morgan fingerprint density at radius 2 is 2.33 bits per heavy atom. The number of amides is 1. The Morgan fingerprint density at radius 3 is 3.06 bits per heavy atom. The van der Waals surface area contributed by atoms with Crippen LogP contribution >= 0.6 is 0 Å². The van der Waals surface area contributed by atoms with Crippen LogP contribution in [-0.2, 0) is 13.0 Å². The standard InChI is InChI=1S/C14H20N2O2/c1-2-13(9-17)16-14(18)11-4-3-10-5-6-15-8-12(10)7-11/h3-4,7,13,15,17H,2,5-6,8-9H2,1H3,(H,16,18)/t13-/m1/s1. The highest BCUT2D eigenvalue weighted by atomic mass is 16.3. The maximum absolute atomic E-state index is 12.0. The van der Waals surface area contributed by atoms with Crippen LogP contribution in [0.15, 0.2) is 18.2 Å². The predicted octanol–water partition coefficient (Wildman–Crippen LogP) is 0.833. The number of rotatable bonds is 4. The van der Waals surface area contributed by atoms with Crippen molar-refractivity contribution >= 4 is 5.91 Å². The van der Waals surface area contributed by atoms with Crippen LogP contribution in [0.1, 0.15) is 34.8 Å². The third-order valence-electron chi connectivity index (χ3n) is 3.40. The van der Waals surface area contributed by atoms with Crippen LogP contribution in [-0.4, -0.2) is 30.2 Å². The van der Waals surface area contributed by atoms with Crippen LogP contribution in [0.3, 0.4) is 0 Å². The SMILES string of the molecule is CC[C@H](CO)NC(=O)c1ccc2c(c1)CNCC2. The molecule has 2 rings (SSSR count). The molecule has 0 fully saturated rings. The number of hydrogen-bond donors (Lipinski definition) is 3. The van der Waals surface area contributed by atoms with Crippen molar-refractivity contribution < 1.29 is 9.90 Å². The fraction of sp³-hybridized carbons (Fsp3) is 0.500. The van der Waals surface area contributed by atoms with E-state index in [4.69, 9.17) is 5.11 Å². The van der Waals surface area contributed by atoms with Crippen LogP contribution in [0.2, 0.25) is 0 Å². The summed E-state index contributed by atoms with van der Waals surface area (Å²) in [5.41, 5.74) is 3.19. The molecule has 1 aromatic carbocycles. The minimum Gasteiger partial charge on any atom is -0.394 e. The van der Waals surface area contributed by atoms with Gasteiger partial charge >= 0.3 is 0 Å². The van der Waals surface area contributed by atoms with Crippen LogP contribution in [0.5, 0.6) is 0 Å². The molecule has 1 atom stereocenters. The number of aliphatic hydroxyl groups excluding tert-OH is 1. The molecule has 1 aliphatic rings. The molecule has 0 aliphatic carbocycles. The zero-order valence-electron chi connectivity index (χ0n) is 10.7. The Balaban J connectivity index is 2.11. The lowest BCUT2D eigenvalue weighted by atomic mass is 9.98. The van der Waals surface area contributed by atoms with Crippen molar-refractivity contribution in [1.82, 2.24) is 10.6 Å². The Labute approximate surface area is 107 Å². The summed E-state index contributed by atoms with van der Waals surface area (Å²) in [6.45, 7) is 3.75. The minimum absolute atomic E-state index is 0.0191. The van der Waals surface area contributed by atoms with Gasteiger partial charge in [0.15, 0.2) is 0 Å². The maximum atomic E-state index is 12.0. The van der Waals surface area contributed by atoms with E-state index in [9.17, 15) is 4.79 Å². The number of carbonyl (C=O) groups is 1. The fourth-order valence-electron chi connectivity index (χ4n) is 2.17. The number of fused-ring (bicyclic) bond motifs is 1. The summed E-state index contributed by atoms with van der Waals surface area (Å²) in [6, 6.07) is 5.68. The normalized spacial score (nSPS) is 15.9. The average molecular weight is 248 g/mol. The number of carbonyl (C=O) groups excluding carboxylic acids is 1. The molecule has 0 bridgehead atoms. The summed E-state index contributed by atoms with van der Waals surface area (Å²) >= 11 is 0. The van der Waals surface area contributed by atoms with Crippen molar-refractivity contribution in [3.8, 4) is 0 Å². The zero-order chi connectivity index (χ0) is 13.0. The number of benzene rings is 1. The lowest BCUT2D eigenvalue weighted by molar-refractivity contribution is 0.0915. The van der Waals surface area contributed by atoms with Crippen molar-refractivity contribution in [3.05, 3.63) is 34.9 Å². The molecule has 0 unspecified atom stereocenters. The highest BCUT2D eigenvalue weighted by molar-refractivity contribution is 5.94. The second-order valence-corrected chi connectivity index (χ2v) is 4.67. The van der Waals surface area contributed by atoms with E-state index in [0.717, 1.165) is 25.9 Å². The van der Waals surface area contributed by atoms with Gasteiger partial charge < -0.3 is 15.7 Å². The Kier molecular flexibility index (Phi) is 4.33. The molecule has 1 heterocycles. The second kappa shape index (κ2) is 5.98. The van der Waals surface area contributed by atoms with Gasteiger partial charge in [0.05, 0.1) is 12.6 Å². The second-order valence-electron chi connectivity index (χ2n) is 4.67. The zero-order valence-corrected chi connectivity index (χ0v) is 10.7. The van der Waals surface area contributed by atoms with E-state index in [1.807, 2.05) is 25.1 Å². The van der Waals surface area contributed by atoms with Gasteiger partial charge in [-0.2, -0.15) is 0 Å². The average Bonchev–Trinajstić information content (AvgIpc) is 2.44. The van der Waals surface area contributed by atoms with Gasteiger partial charge in [-0.15, -0.1) is 0 Å². The predicted molar refractivity (Wildman–Crippen MR) is 70.5 cm³/mol. The number of hydrogen-bond acceptors (Lipinski definition) is 3. The van der Waals surface area contributed by atoms with E-state index in [0.29, 0.717) is 5.56 Å². The molecular weight excluding hydrogens is 228 g/mol. The molecule has 0 spiro atoms. The van der Waals surface area contributed by atoms with Gasteiger partial charge in [-0.1, -0.05) is 13.0 Å². The first-order valence-electron chi connectivity index (χ1n) is 6.48. The van der Waals surface area contributed by atoms with E-state index in [-0.39, 0.29) is 18.6 Å². The summed E-state index contributed by atoms with van der Waals surface area (Å²) in [6.07, 6.45) is 1.75. The molecule has 3 N–H and O–H groups in total. The number of nitrogens with one attached hydrogen (secondary N) is 2. The molecule has 1 aliphatic heterocycles. The third kappa shape index (κ3) is 2.89. The van der Waals surface area contributed by atoms with Gasteiger partial charge in [0.25, 0.3) is 5.91 Å². The summed E-state index contributed by atoms with van der Waals surface area (Å²) in [5, 5.41) is 15.2. The molecule has 0 aromatic heterocycles. The Bertz CT molecular complexity index is 428. The highest BCUT2D eigenvalue weighted by Gasteiger charge is 2.14. The molecule has 1 aromatic rings. The van der Waals surface area contributed by atoms with E-state index >= 15 is 0 Å². The van der Waals surface area contributed by atoms with Crippen molar-refractivity contribution in [2.45, 2.75) is 32.4 Å². The molecule has 0 saturated heterocycles. The third-order valence-corrected chi connectivity index (χ3v) is 3.40. The first-order valence-corrected chi connectivity index (χ1v) is 6.48. The quantitative estimate of drug-likeness (QED) is 0.739. The lowest BCUT2D eigenvalue weighted by Gasteiger charge is -2.19. The van der Waals surface area contributed by atoms with Gasteiger partial charge in [-0.05, 0) is 42.6 Å². The van der Waals surface area contributed by atoms with Gasteiger partial charge in [0.1, 0.15) is 0 Å². The van der Waals surface area contributed by atoms with Crippen LogP contribution in [0.4, 0.5) is 0 Å². The van der Waals surface area contributed by atoms with Crippen molar-refractivity contribution in [2.24, 2.45) is 0 Å². The molecular formula is C14H20N2O2. The smallest absolute Gasteiger partial charge is 0.251 e. The summed E-state index contributed by atoms with van der Waals surface area (Å²) in [5.74, 6) is -0.107. The largest absolute Gasteiger partial charge is 0.394 e. The summed E-state index contributed by atoms with van der Waals surface area (Å²) < 4.78 is 0. The van der Waals surface area contributed by atoms with E-state index in [1.165, 1.54) is 11.1 Å². The molecule has 0 radical (unpaired) electrons. The first kappa shape index (κ1) is 13.1.